The molecule has 0 bridgehead atoms. The second-order valence-electron chi connectivity index (χ2n) is 7.51. The van der Waals surface area contributed by atoms with E-state index < -0.39 is 10.0 Å². The third kappa shape index (κ3) is 4.79. The molecule has 0 aliphatic heterocycles. The van der Waals surface area contributed by atoms with Crippen molar-refractivity contribution in [1.82, 2.24) is 13.9 Å². The molecule has 176 valence electrons. The van der Waals surface area contributed by atoms with Gasteiger partial charge in [-0.05, 0) is 55.0 Å². The van der Waals surface area contributed by atoms with Crippen molar-refractivity contribution in [3.8, 4) is 5.75 Å². The third-order valence-corrected chi connectivity index (χ3v) is 6.93. The fraction of sp³-hybridized carbons (Fsp3) is 0.167. The van der Waals surface area contributed by atoms with E-state index in [9.17, 15) is 13.2 Å². The molecular weight excluding hydrogens is 456 g/mol. The van der Waals surface area contributed by atoms with Crippen molar-refractivity contribution in [1.29, 1.82) is 0 Å². The molecule has 1 amide bonds. The summed E-state index contributed by atoms with van der Waals surface area (Å²) in [5.74, 6) is 0.0285. The number of aromatic nitrogens is 2. The van der Waals surface area contributed by atoms with Crippen molar-refractivity contribution in [2.45, 2.75) is 18.4 Å². The molecule has 2 aromatic carbocycles. The fourth-order valence-corrected chi connectivity index (χ4v) is 4.33. The zero-order valence-corrected chi connectivity index (χ0v) is 19.7. The highest BCUT2D eigenvalue weighted by molar-refractivity contribution is 7.89. The Hall–Kier alpha value is -3.73. The Bertz CT molecular complexity index is 1430. The number of sulfonamides is 1. The van der Waals surface area contributed by atoms with Gasteiger partial charge >= 0.3 is 0 Å². The second kappa shape index (κ2) is 9.64. The number of carbonyl (C=O) groups is 1. The molecule has 4 rings (SSSR count). The molecule has 0 unspecified atom stereocenters. The zero-order chi connectivity index (χ0) is 24.3. The van der Waals surface area contributed by atoms with Crippen molar-refractivity contribution >= 4 is 27.3 Å². The zero-order valence-electron chi connectivity index (χ0n) is 18.9. The number of para-hydroxylation sites is 1. The van der Waals surface area contributed by atoms with Crippen LogP contribution in [0.1, 0.15) is 21.6 Å². The molecular formula is C24H24N4O5S. The number of hydrogen-bond acceptors (Lipinski definition) is 6. The monoisotopic (exact) mass is 480 g/mol. The van der Waals surface area contributed by atoms with Gasteiger partial charge in [0.2, 0.25) is 0 Å². The maximum Gasteiger partial charge on any atom is 0.264 e. The summed E-state index contributed by atoms with van der Waals surface area (Å²) in [4.78, 5) is 22.3. The molecule has 0 fully saturated rings. The topological polar surface area (TPSA) is 102 Å². The van der Waals surface area contributed by atoms with Gasteiger partial charge in [0.1, 0.15) is 18.0 Å². The highest BCUT2D eigenvalue weighted by atomic mass is 32.2. The van der Waals surface area contributed by atoms with E-state index in [-0.39, 0.29) is 17.4 Å². The molecule has 0 radical (unpaired) electrons. The summed E-state index contributed by atoms with van der Waals surface area (Å²) in [7, 11) is -1.20. The highest BCUT2D eigenvalue weighted by Gasteiger charge is 2.21. The SMILES string of the molecule is CON(C)S(=O)(=O)c1ccc(NC(=O)c2ccccc2OCc2cn3cccc(C)c3n2)cc1. The van der Waals surface area contributed by atoms with E-state index in [1.54, 1.807) is 24.3 Å². The number of benzene rings is 2. The van der Waals surface area contributed by atoms with Crippen molar-refractivity contribution in [3.05, 3.63) is 89.9 Å². The Morgan fingerprint density at radius 1 is 1.09 bits per heavy atom. The van der Waals surface area contributed by atoms with Crippen LogP contribution in [0.3, 0.4) is 0 Å². The van der Waals surface area contributed by atoms with E-state index in [0.717, 1.165) is 21.4 Å². The lowest BCUT2D eigenvalue weighted by atomic mass is 10.2. The van der Waals surface area contributed by atoms with Gasteiger partial charge in [0.05, 0.1) is 23.3 Å². The summed E-state index contributed by atoms with van der Waals surface area (Å²) in [5, 5.41) is 2.77. The number of amides is 1. The van der Waals surface area contributed by atoms with Gasteiger partial charge < -0.3 is 14.5 Å². The summed E-state index contributed by atoms with van der Waals surface area (Å²) >= 11 is 0. The largest absolute Gasteiger partial charge is 0.486 e. The quantitative estimate of drug-likeness (QED) is 0.386. The molecule has 0 spiro atoms. The summed E-state index contributed by atoms with van der Waals surface area (Å²) in [5.41, 5.74) is 3.44. The molecule has 0 saturated heterocycles. The van der Waals surface area contributed by atoms with Crippen molar-refractivity contribution in [3.63, 3.8) is 0 Å². The predicted octanol–water partition coefficient (Wildman–Crippen LogP) is 3.66. The number of nitrogens with one attached hydrogen (secondary N) is 1. The predicted molar refractivity (Wildman–Crippen MR) is 127 cm³/mol. The van der Waals surface area contributed by atoms with Crippen LogP contribution >= 0.6 is 0 Å². The first-order valence-electron chi connectivity index (χ1n) is 10.4. The molecule has 0 atom stereocenters. The number of carbonyl (C=O) groups excluding carboxylic acids is 1. The van der Waals surface area contributed by atoms with Crippen LogP contribution in [0.4, 0.5) is 5.69 Å². The first kappa shape index (κ1) is 23.4. The summed E-state index contributed by atoms with van der Waals surface area (Å²) in [6, 6.07) is 16.7. The number of nitrogens with zero attached hydrogens (tertiary/aromatic N) is 3. The van der Waals surface area contributed by atoms with Crippen molar-refractivity contribution < 1.29 is 22.8 Å². The van der Waals surface area contributed by atoms with Gasteiger partial charge in [-0.25, -0.2) is 13.4 Å². The van der Waals surface area contributed by atoms with Gasteiger partial charge in [0.25, 0.3) is 15.9 Å². The van der Waals surface area contributed by atoms with E-state index in [1.165, 1.54) is 38.4 Å². The second-order valence-corrected chi connectivity index (χ2v) is 9.45. The van der Waals surface area contributed by atoms with E-state index in [4.69, 9.17) is 9.57 Å². The van der Waals surface area contributed by atoms with Crippen LogP contribution < -0.4 is 10.1 Å². The number of rotatable bonds is 8. The maximum atomic E-state index is 12.9. The van der Waals surface area contributed by atoms with Crippen LogP contribution in [0, 0.1) is 6.92 Å². The van der Waals surface area contributed by atoms with Crippen LogP contribution in [-0.2, 0) is 21.5 Å². The van der Waals surface area contributed by atoms with Crippen LogP contribution in [0.2, 0.25) is 0 Å². The molecule has 0 aliphatic rings. The molecule has 4 aromatic rings. The Labute approximate surface area is 197 Å². The van der Waals surface area contributed by atoms with Gasteiger partial charge in [0.15, 0.2) is 0 Å². The fourth-order valence-electron chi connectivity index (χ4n) is 3.36. The minimum absolute atomic E-state index is 0.0428. The van der Waals surface area contributed by atoms with Gasteiger partial charge in [0, 0.05) is 25.1 Å². The summed E-state index contributed by atoms with van der Waals surface area (Å²) in [6.45, 7) is 2.19. The molecule has 0 aliphatic carbocycles. The van der Waals surface area contributed by atoms with Gasteiger partial charge in [-0.15, -0.1) is 0 Å². The minimum atomic E-state index is -3.77. The molecule has 1 N–H and O–H groups in total. The molecule has 10 heteroatoms. The van der Waals surface area contributed by atoms with Gasteiger partial charge in [-0.3, -0.25) is 9.63 Å². The number of aryl methyl sites for hydroxylation is 1. The average molecular weight is 481 g/mol. The van der Waals surface area contributed by atoms with Gasteiger partial charge in [-0.1, -0.05) is 22.7 Å². The number of hydrogen-bond donors (Lipinski definition) is 1. The Balaban J connectivity index is 1.47. The van der Waals surface area contributed by atoms with Crippen LogP contribution in [-0.4, -0.2) is 42.3 Å². The van der Waals surface area contributed by atoms with E-state index in [1.807, 2.05) is 35.9 Å². The smallest absolute Gasteiger partial charge is 0.264 e. The summed E-state index contributed by atoms with van der Waals surface area (Å²) < 4.78 is 33.2. The first-order chi connectivity index (χ1) is 16.3. The lowest BCUT2D eigenvalue weighted by Crippen LogP contribution is -2.25. The van der Waals surface area contributed by atoms with E-state index in [2.05, 4.69) is 10.3 Å². The lowest BCUT2D eigenvalue weighted by molar-refractivity contribution is -0.0258. The molecule has 9 nitrogen and oxygen atoms in total. The molecule has 2 heterocycles. The Morgan fingerprint density at radius 3 is 2.53 bits per heavy atom. The number of imidazole rings is 1. The van der Waals surface area contributed by atoms with Crippen LogP contribution in [0.5, 0.6) is 5.75 Å². The molecule has 2 aromatic heterocycles. The first-order valence-corrected chi connectivity index (χ1v) is 11.8. The number of ether oxygens (including phenoxy) is 1. The van der Waals surface area contributed by atoms with Crippen LogP contribution in [0.25, 0.3) is 5.65 Å². The van der Waals surface area contributed by atoms with Crippen molar-refractivity contribution in [2.24, 2.45) is 0 Å². The standard InChI is InChI=1S/C24H24N4O5S/c1-17-7-6-14-28-15-19(25-23(17)28)16-33-22-9-5-4-8-21(22)24(29)26-18-10-12-20(13-11-18)34(30,31)27(2)32-3/h4-15H,16H2,1-3H3,(H,26,29). The molecule has 0 saturated carbocycles. The van der Waals surface area contributed by atoms with E-state index >= 15 is 0 Å². The normalized spacial score (nSPS) is 11.6. The summed E-state index contributed by atoms with van der Waals surface area (Å²) in [6.07, 6.45) is 3.81. The van der Waals surface area contributed by atoms with E-state index in [0.29, 0.717) is 17.0 Å². The lowest BCUT2D eigenvalue weighted by Gasteiger charge is -2.14. The number of fused-ring (bicyclic) bond motifs is 1. The Morgan fingerprint density at radius 2 is 1.82 bits per heavy atom. The number of hydroxylamine groups is 1. The average Bonchev–Trinajstić information content (AvgIpc) is 3.27. The number of pyridine rings is 1. The van der Waals surface area contributed by atoms with Crippen LogP contribution in [0.15, 0.2) is 78.0 Å². The minimum Gasteiger partial charge on any atom is -0.486 e. The molecule has 34 heavy (non-hydrogen) atoms. The van der Waals surface area contributed by atoms with Gasteiger partial charge in [-0.2, -0.15) is 0 Å². The Kier molecular flexibility index (Phi) is 6.64. The third-order valence-electron chi connectivity index (χ3n) is 5.24. The van der Waals surface area contributed by atoms with Crippen molar-refractivity contribution in [2.75, 3.05) is 19.5 Å². The number of anilines is 1. The maximum absolute atomic E-state index is 12.9. The highest BCUT2D eigenvalue weighted by Crippen LogP contribution is 2.23.